The first-order valence-electron chi connectivity index (χ1n) is 6.00. The van der Waals surface area contributed by atoms with Crippen LogP contribution in [0.4, 0.5) is 8.78 Å². The number of ether oxygens (including phenoxy) is 1. The predicted molar refractivity (Wildman–Crippen MR) is 73.4 cm³/mol. The Bertz CT molecular complexity index is 730. The molecule has 0 heterocycles. The average Bonchev–Trinajstić information content (AvgIpc) is 2.47. The Morgan fingerprint density at radius 1 is 1.05 bits per heavy atom. The summed E-state index contributed by atoms with van der Waals surface area (Å²) in [5.41, 5.74) is 0.579. The van der Waals surface area contributed by atoms with Crippen molar-refractivity contribution in [3.63, 3.8) is 0 Å². The van der Waals surface area contributed by atoms with Crippen molar-refractivity contribution in [2.24, 2.45) is 0 Å². The van der Waals surface area contributed by atoms with Crippen LogP contribution in [0, 0.1) is 11.6 Å². The van der Waals surface area contributed by atoms with Crippen LogP contribution in [0.15, 0.2) is 47.4 Å². The van der Waals surface area contributed by atoms with Crippen molar-refractivity contribution in [3.8, 4) is 5.75 Å². The first-order chi connectivity index (χ1) is 9.92. The van der Waals surface area contributed by atoms with Gasteiger partial charge in [-0.3, -0.25) is 0 Å². The lowest BCUT2D eigenvalue weighted by atomic mass is 10.2. The zero-order valence-corrected chi connectivity index (χ0v) is 12.0. The van der Waals surface area contributed by atoms with Gasteiger partial charge < -0.3 is 4.74 Å². The van der Waals surface area contributed by atoms with E-state index in [1.807, 2.05) is 0 Å². The molecule has 2 aromatic rings. The van der Waals surface area contributed by atoms with Crippen LogP contribution in [-0.2, 0) is 16.6 Å². The zero-order chi connectivity index (χ0) is 15.5. The highest BCUT2D eigenvalue weighted by atomic mass is 32.2. The largest absolute Gasteiger partial charge is 0.495 e. The summed E-state index contributed by atoms with van der Waals surface area (Å²) in [6.07, 6.45) is 0. The van der Waals surface area contributed by atoms with E-state index in [1.54, 1.807) is 0 Å². The van der Waals surface area contributed by atoms with E-state index in [1.165, 1.54) is 37.4 Å². The fourth-order valence-electron chi connectivity index (χ4n) is 1.72. The van der Waals surface area contributed by atoms with Gasteiger partial charge in [-0.25, -0.2) is 21.9 Å². The van der Waals surface area contributed by atoms with Crippen LogP contribution in [0.2, 0.25) is 0 Å². The Labute approximate surface area is 121 Å². The average molecular weight is 313 g/mol. The lowest BCUT2D eigenvalue weighted by Gasteiger charge is -2.11. The molecule has 0 saturated heterocycles. The minimum Gasteiger partial charge on any atom is -0.495 e. The number of hydrogen-bond acceptors (Lipinski definition) is 3. The van der Waals surface area contributed by atoms with Gasteiger partial charge in [0.25, 0.3) is 0 Å². The van der Waals surface area contributed by atoms with Crippen LogP contribution >= 0.6 is 0 Å². The summed E-state index contributed by atoms with van der Waals surface area (Å²) in [5.74, 6) is -1.05. The Morgan fingerprint density at radius 3 is 2.29 bits per heavy atom. The van der Waals surface area contributed by atoms with Crippen molar-refractivity contribution in [1.29, 1.82) is 0 Å². The third-order valence-electron chi connectivity index (χ3n) is 2.79. The Hall–Kier alpha value is -1.99. The summed E-state index contributed by atoms with van der Waals surface area (Å²) in [7, 11) is -2.64. The summed E-state index contributed by atoms with van der Waals surface area (Å²) in [4.78, 5) is -0.285. The van der Waals surface area contributed by atoms with Gasteiger partial charge in [0.15, 0.2) is 0 Å². The highest BCUT2D eigenvalue weighted by Crippen LogP contribution is 2.24. The van der Waals surface area contributed by atoms with Gasteiger partial charge in [-0.05, 0) is 35.9 Å². The molecule has 0 unspecified atom stereocenters. The monoisotopic (exact) mass is 313 g/mol. The molecule has 0 fully saturated rings. The first kappa shape index (κ1) is 15.4. The van der Waals surface area contributed by atoms with E-state index in [4.69, 9.17) is 4.74 Å². The molecule has 112 valence electrons. The molecule has 0 atom stereocenters. The number of methoxy groups -OCH3 is 1. The van der Waals surface area contributed by atoms with Crippen molar-refractivity contribution in [1.82, 2.24) is 4.72 Å². The Kier molecular flexibility index (Phi) is 4.54. The second-order valence-electron chi connectivity index (χ2n) is 4.25. The highest BCUT2D eigenvalue weighted by molar-refractivity contribution is 7.89. The third kappa shape index (κ3) is 3.77. The molecule has 0 radical (unpaired) electrons. The van der Waals surface area contributed by atoms with Crippen LogP contribution in [0.1, 0.15) is 5.56 Å². The number of hydrogen-bond donors (Lipinski definition) is 1. The minimum absolute atomic E-state index is 0.0394. The molecular weight excluding hydrogens is 300 g/mol. The summed E-state index contributed by atoms with van der Waals surface area (Å²) in [5, 5.41) is 0. The lowest BCUT2D eigenvalue weighted by molar-refractivity contribution is 0.400. The van der Waals surface area contributed by atoms with Crippen LogP contribution in [0.3, 0.4) is 0 Å². The van der Waals surface area contributed by atoms with Crippen molar-refractivity contribution in [3.05, 3.63) is 59.7 Å². The topological polar surface area (TPSA) is 55.4 Å². The fourth-order valence-corrected chi connectivity index (χ4v) is 2.92. The Balaban J connectivity index is 2.22. The van der Waals surface area contributed by atoms with Gasteiger partial charge in [-0.2, -0.15) is 0 Å². The van der Waals surface area contributed by atoms with E-state index < -0.39 is 21.7 Å². The van der Waals surface area contributed by atoms with E-state index >= 15 is 0 Å². The number of nitrogens with one attached hydrogen (secondary N) is 1. The number of sulfonamides is 1. The van der Waals surface area contributed by atoms with Crippen molar-refractivity contribution >= 4 is 10.0 Å². The number of rotatable bonds is 5. The molecule has 2 aromatic carbocycles. The maximum absolute atomic E-state index is 13.2. The second kappa shape index (κ2) is 6.19. The molecule has 2 rings (SSSR count). The van der Waals surface area contributed by atoms with Crippen LogP contribution in [-0.4, -0.2) is 15.5 Å². The summed E-state index contributed by atoms with van der Waals surface area (Å²) >= 11 is 0. The van der Waals surface area contributed by atoms with Gasteiger partial charge in [0.2, 0.25) is 10.0 Å². The minimum atomic E-state index is -3.94. The zero-order valence-electron chi connectivity index (χ0n) is 11.1. The lowest BCUT2D eigenvalue weighted by Crippen LogP contribution is -2.24. The molecule has 0 amide bonds. The molecule has 0 spiro atoms. The standard InChI is InChI=1S/C14H13F2NO3S/c1-20-13-7-6-12(16)8-14(13)21(18,19)17-9-10-2-4-11(15)5-3-10/h2-8,17H,9H2,1H3. The molecule has 0 saturated carbocycles. The molecule has 0 aliphatic heterocycles. The summed E-state index contributed by atoms with van der Waals surface area (Å²) in [6.45, 7) is -0.0394. The van der Waals surface area contributed by atoms with Crippen molar-refractivity contribution in [2.75, 3.05) is 7.11 Å². The van der Waals surface area contributed by atoms with Crippen LogP contribution in [0.5, 0.6) is 5.75 Å². The number of halogens is 2. The summed E-state index contributed by atoms with van der Waals surface area (Å²) in [6, 6.07) is 8.60. The van der Waals surface area contributed by atoms with Crippen molar-refractivity contribution < 1.29 is 21.9 Å². The SMILES string of the molecule is COc1ccc(F)cc1S(=O)(=O)NCc1ccc(F)cc1. The predicted octanol–water partition coefficient (Wildman–Crippen LogP) is 2.45. The van der Waals surface area contributed by atoms with E-state index in [9.17, 15) is 17.2 Å². The maximum Gasteiger partial charge on any atom is 0.244 e. The normalized spacial score (nSPS) is 11.4. The molecule has 1 N–H and O–H groups in total. The molecule has 0 aromatic heterocycles. The molecule has 0 aliphatic carbocycles. The van der Waals surface area contributed by atoms with Gasteiger partial charge in [0, 0.05) is 6.54 Å². The smallest absolute Gasteiger partial charge is 0.244 e. The third-order valence-corrected chi connectivity index (χ3v) is 4.22. The van der Waals surface area contributed by atoms with Gasteiger partial charge in [0.05, 0.1) is 7.11 Å². The fraction of sp³-hybridized carbons (Fsp3) is 0.143. The summed E-state index contributed by atoms with van der Waals surface area (Å²) < 4.78 is 57.6. The molecule has 0 aliphatic rings. The molecular formula is C14H13F2NO3S. The van der Waals surface area contributed by atoms with Gasteiger partial charge in [0.1, 0.15) is 22.3 Å². The van der Waals surface area contributed by atoms with E-state index in [0.29, 0.717) is 5.56 Å². The van der Waals surface area contributed by atoms with Crippen LogP contribution < -0.4 is 9.46 Å². The van der Waals surface area contributed by atoms with Gasteiger partial charge in [-0.15, -0.1) is 0 Å². The van der Waals surface area contributed by atoms with E-state index in [2.05, 4.69) is 4.72 Å². The second-order valence-corrected chi connectivity index (χ2v) is 5.98. The molecule has 4 nitrogen and oxygen atoms in total. The van der Waals surface area contributed by atoms with Crippen molar-refractivity contribution in [2.45, 2.75) is 11.4 Å². The van der Waals surface area contributed by atoms with Crippen LogP contribution in [0.25, 0.3) is 0 Å². The first-order valence-corrected chi connectivity index (χ1v) is 7.48. The molecule has 7 heteroatoms. The van der Waals surface area contributed by atoms with Gasteiger partial charge in [-0.1, -0.05) is 12.1 Å². The van der Waals surface area contributed by atoms with E-state index in [-0.39, 0.29) is 17.2 Å². The number of benzene rings is 2. The van der Waals surface area contributed by atoms with E-state index in [0.717, 1.165) is 12.1 Å². The van der Waals surface area contributed by atoms with Gasteiger partial charge >= 0.3 is 0 Å². The Morgan fingerprint density at radius 2 is 1.67 bits per heavy atom. The highest BCUT2D eigenvalue weighted by Gasteiger charge is 2.20. The maximum atomic E-state index is 13.2. The molecule has 0 bridgehead atoms. The quantitative estimate of drug-likeness (QED) is 0.922. The molecule has 21 heavy (non-hydrogen) atoms.